The number of thiazole rings is 1. The van der Waals surface area contributed by atoms with Crippen molar-refractivity contribution in [1.82, 2.24) is 15.8 Å². The Kier molecular flexibility index (Phi) is 6.41. The summed E-state index contributed by atoms with van der Waals surface area (Å²) in [6.07, 6.45) is 2.92. The second kappa shape index (κ2) is 9.21. The van der Waals surface area contributed by atoms with Gasteiger partial charge in [0.2, 0.25) is 0 Å². The Morgan fingerprint density at radius 3 is 2.71 bits per heavy atom. The van der Waals surface area contributed by atoms with Crippen molar-refractivity contribution in [3.8, 4) is 11.5 Å². The molecule has 1 fully saturated rings. The summed E-state index contributed by atoms with van der Waals surface area (Å²) in [6, 6.07) is 11.0. The zero-order chi connectivity index (χ0) is 22.0. The lowest BCUT2D eigenvalue weighted by molar-refractivity contribution is -0.137. The SMILES string of the molecule is CCCc1cc(C2NNC(CCCC(=O)O)C2c2nc3ccccc3s2)c(O)cc1O. The molecule has 164 valence electrons. The zero-order valence-corrected chi connectivity index (χ0v) is 18.2. The van der Waals surface area contributed by atoms with Crippen LogP contribution in [-0.2, 0) is 11.2 Å². The van der Waals surface area contributed by atoms with Crippen LogP contribution in [0, 0.1) is 0 Å². The third kappa shape index (κ3) is 4.51. The molecule has 0 aliphatic carbocycles. The number of phenolic OH excluding ortho intramolecular Hbond substituents is 2. The molecule has 2 heterocycles. The number of carboxylic acids is 1. The molecule has 31 heavy (non-hydrogen) atoms. The molecule has 0 amide bonds. The molecule has 1 aromatic heterocycles. The molecule has 2 aromatic carbocycles. The van der Waals surface area contributed by atoms with Crippen LogP contribution in [-0.4, -0.2) is 32.3 Å². The van der Waals surface area contributed by atoms with E-state index in [9.17, 15) is 15.0 Å². The van der Waals surface area contributed by atoms with Crippen LogP contribution in [0.4, 0.5) is 0 Å². The number of hydrogen-bond donors (Lipinski definition) is 5. The van der Waals surface area contributed by atoms with Gasteiger partial charge in [-0.25, -0.2) is 10.4 Å². The van der Waals surface area contributed by atoms with Crippen molar-refractivity contribution < 1.29 is 20.1 Å². The molecule has 0 saturated carbocycles. The number of phenols is 2. The third-order valence-electron chi connectivity index (χ3n) is 5.80. The van der Waals surface area contributed by atoms with Gasteiger partial charge in [-0.05, 0) is 43.0 Å². The predicted molar refractivity (Wildman–Crippen MR) is 120 cm³/mol. The molecule has 3 atom stereocenters. The number of carbonyl (C=O) groups is 1. The van der Waals surface area contributed by atoms with E-state index in [1.807, 2.05) is 37.3 Å². The summed E-state index contributed by atoms with van der Waals surface area (Å²) in [4.78, 5) is 15.9. The Labute approximate surface area is 184 Å². The van der Waals surface area contributed by atoms with Crippen molar-refractivity contribution in [2.75, 3.05) is 0 Å². The molecule has 8 heteroatoms. The maximum Gasteiger partial charge on any atom is 0.303 e. The predicted octanol–water partition coefficient (Wildman–Crippen LogP) is 4.22. The maximum absolute atomic E-state index is 11.0. The van der Waals surface area contributed by atoms with Crippen molar-refractivity contribution in [3.63, 3.8) is 0 Å². The summed E-state index contributed by atoms with van der Waals surface area (Å²) in [5.74, 6) is -0.756. The Bertz CT molecular complexity index is 1050. The number of aromatic hydroxyl groups is 2. The van der Waals surface area contributed by atoms with E-state index in [2.05, 4.69) is 10.9 Å². The molecule has 7 nitrogen and oxygen atoms in total. The highest BCUT2D eigenvalue weighted by atomic mass is 32.1. The normalized spacial score (nSPS) is 21.0. The summed E-state index contributed by atoms with van der Waals surface area (Å²) >= 11 is 1.62. The van der Waals surface area contributed by atoms with E-state index >= 15 is 0 Å². The lowest BCUT2D eigenvalue weighted by Gasteiger charge is -2.23. The number of benzene rings is 2. The molecule has 0 radical (unpaired) electrons. The van der Waals surface area contributed by atoms with Crippen LogP contribution < -0.4 is 10.9 Å². The van der Waals surface area contributed by atoms with Crippen LogP contribution in [0.1, 0.15) is 60.7 Å². The van der Waals surface area contributed by atoms with Gasteiger partial charge in [-0.2, -0.15) is 0 Å². The second-order valence-electron chi connectivity index (χ2n) is 7.99. The van der Waals surface area contributed by atoms with Gasteiger partial charge in [-0.15, -0.1) is 11.3 Å². The maximum atomic E-state index is 11.0. The van der Waals surface area contributed by atoms with Crippen molar-refractivity contribution in [3.05, 3.63) is 52.5 Å². The Balaban J connectivity index is 1.72. The standard InChI is InChI=1S/C23H27N3O4S/c1-2-6-13-11-14(18(28)12-17(13)27)22-21(16(25-26-22)8-5-10-20(29)30)23-24-15-7-3-4-9-19(15)31-23/h3-4,7,9,11-12,16,21-22,25-28H,2,5-6,8,10H2,1H3,(H,29,30). The van der Waals surface area contributed by atoms with Crippen molar-refractivity contribution in [1.29, 1.82) is 0 Å². The molecule has 3 aromatic rings. The minimum atomic E-state index is -0.806. The summed E-state index contributed by atoms with van der Waals surface area (Å²) in [5, 5.41) is 30.9. The molecule has 5 N–H and O–H groups in total. The smallest absolute Gasteiger partial charge is 0.303 e. The number of aromatic nitrogens is 1. The van der Waals surface area contributed by atoms with E-state index in [0.717, 1.165) is 27.2 Å². The average molecular weight is 442 g/mol. The van der Waals surface area contributed by atoms with Gasteiger partial charge in [0.25, 0.3) is 0 Å². The molecule has 1 saturated heterocycles. The Hall–Kier alpha value is -2.68. The zero-order valence-electron chi connectivity index (χ0n) is 17.3. The molecule has 1 aliphatic heterocycles. The van der Waals surface area contributed by atoms with E-state index < -0.39 is 5.97 Å². The summed E-state index contributed by atoms with van der Waals surface area (Å²) < 4.78 is 1.09. The van der Waals surface area contributed by atoms with Crippen LogP contribution in [0.15, 0.2) is 36.4 Å². The van der Waals surface area contributed by atoms with Crippen molar-refractivity contribution in [2.24, 2.45) is 0 Å². The fourth-order valence-electron chi connectivity index (χ4n) is 4.31. The summed E-state index contributed by atoms with van der Waals surface area (Å²) in [5.41, 5.74) is 9.06. The number of hydrazine groups is 1. The quantitative estimate of drug-likeness (QED) is 0.356. The van der Waals surface area contributed by atoms with Gasteiger partial charge < -0.3 is 15.3 Å². The lowest BCUT2D eigenvalue weighted by Crippen LogP contribution is -2.31. The minimum absolute atomic E-state index is 0.0345. The molecule has 0 spiro atoms. The Morgan fingerprint density at radius 1 is 1.16 bits per heavy atom. The number of para-hydroxylation sites is 1. The number of nitrogens with zero attached hydrogens (tertiary/aromatic N) is 1. The first-order chi connectivity index (χ1) is 15.0. The average Bonchev–Trinajstić information content (AvgIpc) is 3.33. The van der Waals surface area contributed by atoms with Gasteiger partial charge in [-0.1, -0.05) is 25.5 Å². The fraction of sp³-hybridized carbons (Fsp3) is 0.391. The van der Waals surface area contributed by atoms with E-state index in [0.29, 0.717) is 24.8 Å². The number of rotatable bonds is 8. The molecule has 3 unspecified atom stereocenters. The first kappa shape index (κ1) is 21.5. The van der Waals surface area contributed by atoms with Crippen molar-refractivity contribution >= 4 is 27.5 Å². The number of fused-ring (bicyclic) bond motifs is 1. The van der Waals surface area contributed by atoms with E-state index in [1.165, 1.54) is 6.07 Å². The topological polar surface area (TPSA) is 115 Å². The van der Waals surface area contributed by atoms with Crippen LogP contribution in [0.25, 0.3) is 10.2 Å². The molecular weight excluding hydrogens is 414 g/mol. The second-order valence-corrected chi connectivity index (χ2v) is 9.06. The minimum Gasteiger partial charge on any atom is -0.508 e. The van der Waals surface area contributed by atoms with Gasteiger partial charge in [-0.3, -0.25) is 10.2 Å². The lowest BCUT2D eigenvalue weighted by atomic mass is 9.86. The number of aliphatic carboxylic acids is 1. The highest BCUT2D eigenvalue weighted by molar-refractivity contribution is 7.18. The highest BCUT2D eigenvalue weighted by Gasteiger charge is 2.41. The highest BCUT2D eigenvalue weighted by Crippen LogP contribution is 2.45. The third-order valence-corrected chi connectivity index (χ3v) is 6.94. The van der Waals surface area contributed by atoms with E-state index in [1.54, 1.807) is 11.3 Å². The molecular formula is C23H27N3O4S. The van der Waals surface area contributed by atoms with E-state index in [4.69, 9.17) is 10.1 Å². The first-order valence-electron chi connectivity index (χ1n) is 10.6. The van der Waals surface area contributed by atoms with Gasteiger partial charge >= 0.3 is 5.97 Å². The first-order valence-corrected chi connectivity index (χ1v) is 11.4. The summed E-state index contributed by atoms with van der Waals surface area (Å²) in [6.45, 7) is 2.05. The largest absolute Gasteiger partial charge is 0.508 e. The molecule has 4 rings (SSSR count). The van der Waals surface area contributed by atoms with Crippen LogP contribution >= 0.6 is 11.3 Å². The molecule has 1 aliphatic rings. The van der Waals surface area contributed by atoms with Crippen molar-refractivity contribution in [2.45, 2.75) is 57.0 Å². The summed E-state index contributed by atoms with van der Waals surface area (Å²) in [7, 11) is 0. The fourth-order valence-corrected chi connectivity index (χ4v) is 5.48. The van der Waals surface area contributed by atoms with Gasteiger partial charge in [0.1, 0.15) is 16.5 Å². The van der Waals surface area contributed by atoms with Gasteiger partial charge in [0.15, 0.2) is 0 Å². The molecule has 0 bridgehead atoms. The number of carboxylic acid groups (broad SMARTS) is 1. The number of aryl methyl sites for hydroxylation is 1. The number of nitrogens with one attached hydrogen (secondary N) is 2. The van der Waals surface area contributed by atoms with Gasteiger partial charge in [0, 0.05) is 30.0 Å². The van der Waals surface area contributed by atoms with Crippen LogP contribution in [0.5, 0.6) is 11.5 Å². The van der Waals surface area contributed by atoms with Gasteiger partial charge in [0.05, 0.1) is 16.3 Å². The Morgan fingerprint density at radius 2 is 1.97 bits per heavy atom. The van der Waals surface area contributed by atoms with Crippen LogP contribution in [0.2, 0.25) is 0 Å². The monoisotopic (exact) mass is 441 g/mol. The number of hydrogen-bond acceptors (Lipinski definition) is 7. The van der Waals surface area contributed by atoms with E-state index in [-0.39, 0.29) is 35.9 Å². The van der Waals surface area contributed by atoms with Crippen LogP contribution in [0.3, 0.4) is 0 Å².